The molecule has 0 atom stereocenters. The number of nitrogens with zero attached hydrogens (tertiary/aromatic N) is 5. The molecule has 0 saturated heterocycles. The van der Waals surface area contributed by atoms with Gasteiger partial charge in [-0.15, -0.1) is 5.11 Å². The quantitative estimate of drug-likeness (QED) is 0.236. The predicted octanol–water partition coefficient (Wildman–Crippen LogP) is 4.44. The number of hydrogen-bond acceptors (Lipinski definition) is 6. The number of non-ortho nitro benzene ring substituents is 1. The number of likely N-dealkylation sites (N-methyl/N-ethyl adjacent to an activating group) is 2. The van der Waals surface area contributed by atoms with Crippen molar-refractivity contribution >= 4 is 34.4 Å². The van der Waals surface area contributed by atoms with Gasteiger partial charge in [0.25, 0.3) is 5.69 Å². The average molecular weight is 392 g/mol. The number of nitro benzene ring substituents is 1. The SMILES string of the molecule is CCN(CC[N+](C)(C)N)c1ccc(N=Nc2ccc([N+](=O)[O-])cc2Cl)cc1. The van der Waals surface area contributed by atoms with Gasteiger partial charge in [-0.2, -0.15) is 11.0 Å². The number of azo groups is 1. The van der Waals surface area contributed by atoms with Crippen LogP contribution in [0.4, 0.5) is 22.7 Å². The molecule has 0 saturated carbocycles. The fourth-order valence-corrected chi connectivity index (χ4v) is 2.59. The van der Waals surface area contributed by atoms with E-state index in [1.807, 2.05) is 38.4 Å². The van der Waals surface area contributed by atoms with Gasteiger partial charge in [0.15, 0.2) is 0 Å². The lowest BCUT2D eigenvalue weighted by Gasteiger charge is -2.28. The second-order valence-corrected chi connectivity index (χ2v) is 7.10. The van der Waals surface area contributed by atoms with Crippen molar-refractivity contribution in [3.63, 3.8) is 0 Å². The van der Waals surface area contributed by atoms with E-state index in [0.29, 0.717) is 16.0 Å². The van der Waals surface area contributed by atoms with Crippen molar-refractivity contribution in [2.75, 3.05) is 38.6 Å². The molecular weight excluding hydrogens is 368 g/mol. The lowest BCUT2D eigenvalue weighted by Crippen LogP contribution is -2.51. The highest BCUT2D eigenvalue weighted by Gasteiger charge is 2.12. The van der Waals surface area contributed by atoms with Crippen LogP contribution in [-0.4, -0.2) is 43.2 Å². The van der Waals surface area contributed by atoms with Crippen LogP contribution in [0.1, 0.15) is 6.92 Å². The van der Waals surface area contributed by atoms with Gasteiger partial charge < -0.3 is 4.90 Å². The summed E-state index contributed by atoms with van der Waals surface area (Å²) in [6, 6.07) is 11.8. The van der Waals surface area contributed by atoms with Crippen molar-refractivity contribution in [3.05, 3.63) is 57.6 Å². The molecule has 2 rings (SSSR count). The Morgan fingerprint density at radius 2 is 1.85 bits per heavy atom. The molecule has 0 unspecified atom stereocenters. The van der Waals surface area contributed by atoms with Gasteiger partial charge >= 0.3 is 0 Å². The first-order chi connectivity index (χ1) is 12.7. The van der Waals surface area contributed by atoms with Gasteiger partial charge in [0, 0.05) is 24.4 Å². The zero-order valence-electron chi connectivity index (χ0n) is 15.7. The summed E-state index contributed by atoms with van der Waals surface area (Å²) >= 11 is 6.02. The number of nitrogens with two attached hydrogens (primary N) is 1. The summed E-state index contributed by atoms with van der Waals surface area (Å²) in [5.74, 6) is 6.01. The van der Waals surface area contributed by atoms with Crippen molar-refractivity contribution in [3.8, 4) is 0 Å². The fourth-order valence-electron chi connectivity index (χ4n) is 2.38. The molecular formula is C18H24ClN6O2+. The highest BCUT2D eigenvalue weighted by Crippen LogP contribution is 2.30. The highest BCUT2D eigenvalue weighted by atomic mass is 35.5. The maximum atomic E-state index is 10.7. The molecule has 0 aliphatic rings. The van der Waals surface area contributed by atoms with Crippen LogP contribution < -0.4 is 10.7 Å². The number of nitro groups is 1. The molecule has 27 heavy (non-hydrogen) atoms. The molecule has 2 aromatic rings. The summed E-state index contributed by atoms with van der Waals surface area (Å²) in [6.45, 7) is 4.65. The van der Waals surface area contributed by atoms with Crippen LogP contribution in [0.15, 0.2) is 52.7 Å². The summed E-state index contributed by atoms with van der Waals surface area (Å²) in [6.07, 6.45) is 0. The van der Waals surface area contributed by atoms with Crippen LogP contribution in [0.3, 0.4) is 0 Å². The molecule has 0 amide bonds. The molecule has 8 nitrogen and oxygen atoms in total. The molecule has 0 fully saturated rings. The first-order valence-electron chi connectivity index (χ1n) is 8.52. The Kier molecular flexibility index (Phi) is 6.84. The standard InChI is InChI=1S/C18H24ClN6O2/c1-4-23(11-12-25(2,3)20)15-7-5-14(6-8-15)21-22-18-10-9-16(24(26)27)13-17(18)19/h5-10,13H,4,11-12,20H2,1-3H3/q+1. The van der Waals surface area contributed by atoms with Gasteiger partial charge in [-0.3, -0.25) is 14.7 Å². The number of rotatable bonds is 8. The topological polar surface area (TPSA) is 97.1 Å². The van der Waals surface area contributed by atoms with Gasteiger partial charge in [0.2, 0.25) is 0 Å². The van der Waals surface area contributed by atoms with E-state index in [0.717, 1.165) is 25.3 Å². The highest BCUT2D eigenvalue weighted by molar-refractivity contribution is 6.33. The van der Waals surface area contributed by atoms with Crippen LogP contribution in [-0.2, 0) is 0 Å². The smallest absolute Gasteiger partial charge is 0.271 e. The molecule has 0 heterocycles. The minimum Gasteiger partial charge on any atom is -0.366 e. The molecule has 0 spiro atoms. The first-order valence-corrected chi connectivity index (χ1v) is 8.89. The number of quaternary nitrogens is 1. The van der Waals surface area contributed by atoms with E-state index in [4.69, 9.17) is 17.4 Å². The lowest BCUT2D eigenvalue weighted by molar-refractivity contribution is -0.900. The van der Waals surface area contributed by atoms with Crippen molar-refractivity contribution in [1.29, 1.82) is 0 Å². The summed E-state index contributed by atoms with van der Waals surface area (Å²) in [5, 5.41) is 19.2. The van der Waals surface area contributed by atoms with E-state index in [2.05, 4.69) is 22.1 Å². The van der Waals surface area contributed by atoms with E-state index in [-0.39, 0.29) is 10.7 Å². The van der Waals surface area contributed by atoms with Crippen LogP contribution in [0.2, 0.25) is 5.02 Å². The minimum atomic E-state index is -0.504. The van der Waals surface area contributed by atoms with Gasteiger partial charge in [-0.1, -0.05) is 11.6 Å². The third-order valence-corrected chi connectivity index (χ3v) is 4.26. The molecule has 144 valence electrons. The fraction of sp³-hybridized carbons (Fsp3) is 0.333. The zero-order valence-corrected chi connectivity index (χ0v) is 16.4. The largest absolute Gasteiger partial charge is 0.366 e. The number of anilines is 1. The van der Waals surface area contributed by atoms with E-state index in [1.54, 1.807) is 0 Å². The Morgan fingerprint density at radius 3 is 2.37 bits per heavy atom. The molecule has 0 radical (unpaired) electrons. The molecule has 0 bridgehead atoms. The number of benzene rings is 2. The third-order valence-electron chi connectivity index (χ3n) is 3.96. The minimum absolute atomic E-state index is 0.0813. The zero-order chi connectivity index (χ0) is 20.0. The van der Waals surface area contributed by atoms with E-state index >= 15 is 0 Å². The van der Waals surface area contributed by atoms with Crippen LogP contribution >= 0.6 is 11.6 Å². The van der Waals surface area contributed by atoms with Gasteiger partial charge in [0.1, 0.15) is 12.2 Å². The van der Waals surface area contributed by atoms with Crippen molar-refractivity contribution in [1.82, 2.24) is 0 Å². The first kappa shape index (κ1) is 20.8. The summed E-state index contributed by atoms with van der Waals surface area (Å²) in [5.41, 5.74) is 2.05. The Hall–Kier alpha value is -2.55. The number of halogens is 1. The Labute approximate surface area is 163 Å². The monoisotopic (exact) mass is 391 g/mol. The van der Waals surface area contributed by atoms with E-state index in [9.17, 15) is 10.1 Å². The maximum absolute atomic E-state index is 10.7. The van der Waals surface area contributed by atoms with E-state index in [1.165, 1.54) is 18.2 Å². The third kappa shape index (κ3) is 6.28. The van der Waals surface area contributed by atoms with Crippen LogP contribution in [0, 0.1) is 10.1 Å². The molecule has 9 heteroatoms. The van der Waals surface area contributed by atoms with Crippen molar-refractivity contribution < 1.29 is 9.52 Å². The normalized spacial score (nSPS) is 11.7. The van der Waals surface area contributed by atoms with Crippen molar-refractivity contribution in [2.45, 2.75) is 6.92 Å². The molecule has 0 aliphatic heterocycles. The van der Waals surface area contributed by atoms with Crippen LogP contribution in [0.5, 0.6) is 0 Å². The maximum Gasteiger partial charge on any atom is 0.271 e. The van der Waals surface area contributed by atoms with E-state index < -0.39 is 4.92 Å². The van der Waals surface area contributed by atoms with Crippen LogP contribution in [0.25, 0.3) is 0 Å². The second-order valence-electron chi connectivity index (χ2n) is 6.69. The average Bonchev–Trinajstić information content (AvgIpc) is 2.61. The van der Waals surface area contributed by atoms with Gasteiger partial charge in [-0.25, -0.2) is 0 Å². The molecule has 2 N–H and O–H groups in total. The van der Waals surface area contributed by atoms with Gasteiger partial charge in [-0.05, 0) is 37.3 Å². The molecule has 2 aromatic carbocycles. The Bertz CT molecular complexity index is 818. The number of hydrogen-bond donors (Lipinski definition) is 1. The van der Waals surface area contributed by atoms with Crippen molar-refractivity contribution in [2.24, 2.45) is 16.1 Å². The lowest BCUT2D eigenvalue weighted by atomic mass is 10.2. The predicted molar refractivity (Wildman–Crippen MR) is 108 cm³/mol. The summed E-state index contributed by atoms with van der Waals surface area (Å²) in [4.78, 5) is 12.5. The molecule has 0 aliphatic carbocycles. The second kappa shape index (κ2) is 8.90. The molecule has 0 aromatic heterocycles. The summed E-state index contributed by atoms with van der Waals surface area (Å²) in [7, 11) is 3.92. The van der Waals surface area contributed by atoms with Gasteiger partial charge in [0.05, 0.1) is 36.3 Å². The Morgan fingerprint density at radius 1 is 1.19 bits per heavy atom. The summed E-state index contributed by atoms with van der Waals surface area (Å²) < 4.78 is 0.415. The Balaban J connectivity index is 2.08.